The van der Waals surface area contributed by atoms with E-state index in [1.807, 2.05) is 11.7 Å². The molecule has 1 aromatic rings. The van der Waals surface area contributed by atoms with E-state index in [0.29, 0.717) is 0 Å². The van der Waals surface area contributed by atoms with Crippen molar-refractivity contribution in [3.05, 3.63) is 17.5 Å². The minimum atomic E-state index is 0.158. The standard InChI is InChI=1S/C10H17N3/c1-8-7-9(12-13(8)2)3-4-10(11)5-6-10/h7H,3-6,11H2,1-2H3. The van der Waals surface area contributed by atoms with Gasteiger partial charge in [0, 0.05) is 18.3 Å². The molecule has 0 amide bonds. The zero-order valence-corrected chi connectivity index (χ0v) is 8.38. The summed E-state index contributed by atoms with van der Waals surface area (Å²) in [6, 6.07) is 2.14. The molecule has 1 aliphatic rings. The molecule has 13 heavy (non-hydrogen) atoms. The first-order valence-corrected chi connectivity index (χ1v) is 4.87. The number of hydrogen-bond acceptors (Lipinski definition) is 2. The first-order valence-electron chi connectivity index (χ1n) is 4.87. The average Bonchev–Trinajstić information content (AvgIpc) is 2.72. The SMILES string of the molecule is Cc1cc(CCC2(N)CC2)nn1C. The normalized spacial score (nSPS) is 19.0. The Morgan fingerprint density at radius 1 is 1.62 bits per heavy atom. The third kappa shape index (κ3) is 1.91. The van der Waals surface area contributed by atoms with Gasteiger partial charge in [0.25, 0.3) is 0 Å². The molecule has 2 N–H and O–H groups in total. The van der Waals surface area contributed by atoms with Gasteiger partial charge in [-0.05, 0) is 38.7 Å². The fraction of sp³-hybridized carbons (Fsp3) is 0.700. The number of nitrogens with two attached hydrogens (primary N) is 1. The van der Waals surface area contributed by atoms with Crippen molar-refractivity contribution in [2.75, 3.05) is 0 Å². The van der Waals surface area contributed by atoms with Crippen LogP contribution in [0.25, 0.3) is 0 Å². The van der Waals surface area contributed by atoms with Gasteiger partial charge in [-0.3, -0.25) is 4.68 Å². The highest BCUT2D eigenvalue weighted by atomic mass is 15.3. The van der Waals surface area contributed by atoms with Crippen molar-refractivity contribution in [3.8, 4) is 0 Å². The van der Waals surface area contributed by atoms with Gasteiger partial charge < -0.3 is 5.73 Å². The molecule has 0 aliphatic heterocycles. The summed E-state index contributed by atoms with van der Waals surface area (Å²) in [4.78, 5) is 0. The first-order chi connectivity index (χ1) is 6.09. The van der Waals surface area contributed by atoms with E-state index in [9.17, 15) is 0 Å². The molecule has 0 radical (unpaired) electrons. The molecule has 3 heteroatoms. The quantitative estimate of drug-likeness (QED) is 0.756. The summed E-state index contributed by atoms with van der Waals surface area (Å²) in [6.45, 7) is 2.08. The molecule has 1 aromatic heterocycles. The Morgan fingerprint density at radius 3 is 2.77 bits per heavy atom. The highest BCUT2D eigenvalue weighted by molar-refractivity contribution is 5.10. The molecule has 0 atom stereocenters. The van der Waals surface area contributed by atoms with Crippen molar-refractivity contribution in [3.63, 3.8) is 0 Å². The second-order valence-corrected chi connectivity index (χ2v) is 4.26. The molecule has 0 saturated heterocycles. The Balaban J connectivity index is 1.94. The first kappa shape index (κ1) is 8.75. The van der Waals surface area contributed by atoms with Crippen molar-refractivity contribution >= 4 is 0 Å². The molecule has 72 valence electrons. The van der Waals surface area contributed by atoms with Gasteiger partial charge in [-0.25, -0.2) is 0 Å². The predicted molar refractivity (Wildman–Crippen MR) is 52.4 cm³/mol. The third-order valence-corrected chi connectivity index (χ3v) is 2.94. The molecule has 0 bridgehead atoms. The van der Waals surface area contributed by atoms with E-state index in [4.69, 9.17) is 5.73 Å². The number of rotatable bonds is 3. The number of nitrogens with zero attached hydrogens (tertiary/aromatic N) is 2. The lowest BCUT2D eigenvalue weighted by atomic mass is 10.1. The lowest BCUT2D eigenvalue weighted by molar-refractivity contribution is 0.596. The summed E-state index contributed by atoms with van der Waals surface area (Å²) in [6.07, 6.45) is 4.50. The van der Waals surface area contributed by atoms with Gasteiger partial charge in [0.05, 0.1) is 5.69 Å². The van der Waals surface area contributed by atoms with Gasteiger partial charge in [-0.15, -0.1) is 0 Å². The molecule has 1 saturated carbocycles. The van der Waals surface area contributed by atoms with Crippen LogP contribution in [0.15, 0.2) is 6.07 Å². The maximum Gasteiger partial charge on any atom is 0.0628 e. The number of aromatic nitrogens is 2. The maximum atomic E-state index is 6.00. The van der Waals surface area contributed by atoms with E-state index in [2.05, 4.69) is 18.1 Å². The van der Waals surface area contributed by atoms with E-state index in [-0.39, 0.29) is 5.54 Å². The Bertz CT molecular complexity index is 290. The molecular weight excluding hydrogens is 162 g/mol. The average molecular weight is 179 g/mol. The highest BCUT2D eigenvalue weighted by Gasteiger charge is 2.37. The third-order valence-electron chi connectivity index (χ3n) is 2.94. The Morgan fingerprint density at radius 2 is 2.31 bits per heavy atom. The smallest absolute Gasteiger partial charge is 0.0628 e. The van der Waals surface area contributed by atoms with E-state index < -0.39 is 0 Å². The topological polar surface area (TPSA) is 43.8 Å². The monoisotopic (exact) mass is 179 g/mol. The molecule has 1 heterocycles. The van der Waals surface area contributed by atoms with Gasteiger partial charge in [-0.2, -0.15) is 5.10 Å². The fourth-order valence-electron chi connectivity index (χ4n) is 1.54. The van der Waals surface area contributed by atoms with Crippen LogP contribution in [0.4, 0.5) is 0 Å². The summed E-state index contributed by atoms with van der Waals surface area (Å²) in [5.41, 5.74) is 8.56. The van der Waals surface area contributed by atoms with E-state index in [1.54, 1.807) is 0 Å². The molecule has 1 fully saturated rings. The Labute approximate surface area is 78.9 Å². The molecule has 0 aromatic carbocycles. The van der Waals surface area contributed by atoms with Crippen molar-refractivity contribution < 1.29 is 0 Å². The van der Waals surface area contributed by atoms with Crippen LogP contribution in [-0.4, -0.2) is 15.3 Å². The number of aryl methyl sites for hydroxylation is 3. The minimum Gasteiger partial charge on any atom is -0.325 e. The van der Waals surface area contributed by atoms with E-state index >= 15 is 0 Å². The van der Waals surface area contributed by atoms with Gasteiger partial charge in [0.2, 0.25) is 0 Å². The van der Waals surface area contributed by atoms with Crippen LogP contribution >= 0.6 is 0 Å². The van der Waals surface area contributed by atoms with E-state index in [1.165, 1.54) is 24.2 Å². The van der Waals surface area contributed by atoms with Crippen molar-refractivity contribution in [2.24, 2.45) is 12.8 Å². The molecule has 0 spiro atoms. The zero-order chi connectivity index (χ0) is 9.47. The molecule has 1 aliphatic carbocycles. The van der Waals surface area contributed by atoms with Gasteiger partial charge >= 0.3 is 0 Å². The van der Waals surface area contributed by atoms with Crippen LogP contribution in [-0.2, 0) is 13.5 Å². The summed E-state index contributed by atoms with van der Waals surface area (Å²) in [7, 11) is 1.98. The predicted octanol–water partition coefficient (Wildman–Crippen LogP) is 1.15. The molecule has 3 nitrogen and oxygen atoms in total. The van der Waals surface area contributed by atoms with Gasteiger partial charge in [0.15, 0.2) is 0 Å². The Kier molecular flexibility index (Phi) is 1.91. The van der Waals surface area contributed by atoms with Crippen LogP contribution in [0.2, 0.25) is 0 Å². The largest absolute Gasteiger partial charge is 0.325 e. The summed E-state index contributed by atoms with van der Waals surface area (Å²) >= 11 is 0. The molecule has 0 unspecified atom stereocenters. The summed E-state index contributed by atoms with van der Waals surface area (Å²) < 4.78 is 1.92. The van der Waals surface area contributed by atoms with Crippen LogP contribution in [0, 0.1) is 6.92 Å². The maximum absolute atomic E-state index is 6.00. The summed E-state index contributed by atoms with van der Waals surface area (Å²) in [5, 5.41) is 4.40. The van der Waals surface area contributed by atoms with Crippen molar-refractivity contribution in [1.29, 1.82) is 0 Å². The van der Waals surface area contributed by atoms with Gasteiger partial charge in [0.1, 0.15) is 0 Å². The van der Waals surface area contributed by atoms with Gasteiger partial charge in [-0.1, -0.05) is 0 Å². The second-order valence-electron chi connectivity index (χ2n) is 4.26. The van der Waals surface area contributed by atoms with Crippen LogP contribution in [0.5, 0.6) is 0 Å². The van der Waals surface area contributed by atoms with Crippen molar-refractivity contribution in [2.45, 2.75) is 38.1 Å². The number of hydrogen-bond donors (Lipinski definition) is 1. The van der Waals surface area contributed by atoms with Crippen LogP contribution in [0.3, 0.4) is 0 Å². The van der Waals surface area contributed by atoms with Crippen molar-refractivity contribution in [1.82, 2.24) is 9.78 Å². The second kappa shape index (κ2) is 2.84. The lowest BCUT2D eigenvalue weighted by Crippen LogP contribution is -2.22. The lowest BCUT2D eigenvalue weighted by Gasteiger charge is -2.04. The molecular formula is C10H17N3. The fourth-order valence-corrected chi connectivity index (χ4v) is 1.54. The Hall–Kier alpha value is -0.830. The minimum absolute atomic E-state index is 0.158. The zero-order valence-electron chi connectivity index (χ0n) is 8.38. The van der Waals surface area contributed by atoms with Crippen LogP contribution in [0.1, 0.15) is 30.7 Å². The highest BCUT2D eigenvalue weighted by Crippen LogP contribution is 2.36. The molecule has 2 rings (SSSR count). The van der Waals surface area contributed by atoms with Crippen LogP contribution < -0.4 is 5.73 Å². The summed E-state index contributed by atoms with van der Waals surface area (Å²) in [5.74, 6) is 0. The van der Waals surface area contributed by atoms with E-state index in [0.717, 1.165) is 12.8 Å².